The monoisotopic (exact) mass is 366 g/mol. The van der Waals surface area contributed by atoms with Crippen molar-refractivity contribution in [2.75, 3.05) is 38.0 Å². The second-order valence-corrected chi connectivity index (χ2v) is 6.84. The van der Waals surface area contributed by atoms with Gasteiger partial charge in [-0.05, 0) is 35.7 Å². The summed E-state index contributed by atoms with van der Waals surface area (Å²) in [6.07, 6.45) is 4.96. The standard InChI is InChI=1S/C21H26N4O2/c1-17(26)23-20-5-3-2-4-19(20)16-21(27)25-14-12-24(13-15-25)11-8-18-6-9-22-10-7-18/h2-7,9-10H,8,11-16H2,1H3,(H,23,26). The van der Waals surface area contributed by atoms with Gasteiger partial charge in [-0.1, -0.05) is 18.2 Å². The van der Waals surface area contributed by atoms with E-state index in [0.29, 0.717) is 12.1 Å². The molecule has 3 rings (SSSR count). The first-order chi connectivity index (χ1) is 13.1. The molecule has 1 aromatic carbocycles. The molecule has 1 N–H and O–H groups in total. The highest BCUT2D eigenvalue weighted by Gasteiger charge is 2.21. The van der Waals surface area contributed by atoms with Crippen LogP contribution in [0.2, 0.25) is 0 Å². The Morgan fingerprint density at radius 3 is 2.44 bits per heavy atom. The lowest BCUT2D eigenvalue weighted by Crippen LogP contribution is -2.49. The van der Waals surface area contributed by atoms with E-state index in [4.69, 9.17) is 0 Å². The van der Waals surface area contributed by atoms with Crippen molar-refractivity contribution in [2.45, 2.75) is 19.8 Å². The number of nitrogens with one attached hydrogen (secondary N) is 1. The Morgan fingerprint density at radius 1 is 1.04 bits per heavy atom. The third kappa shape index (κ3) is 5.62. The van der Waals surface area contributed by atoms with Crippen molar-refractivity contribution in [3.63, 3.8) is 0 Å². The highest BCUT2D eigenvalue weighted by atomic mass is 16.2. The van der Waals surface area contributed by atoms with Crippen molar-refractivity contribution >= 4 is 17.5 Å². The number of para-hydroxylation sites is 1. The van der Waals surface area contributed by atoms with E-state index in [2.05, 4.69) is 15.2 Å². The van der Waals surface area contributed by atoms with Gasteiger partial charge in [-0.25, -0.2) is 0 Å². The summed E-state index contributed by atoms with van der Waals surface area (Å²) in [4.78, 5) is 32.4. The van der Waals surface area contributed by atoms with Crippen molar-refractivity contribution in [2.24, 2.45) is 0 Å². The Hall–Kier alpha value is -2.73. The molecule has 1 aromatic heterocycles. The van der Waals surface area contributed by atoms with Gasteiger partial charge in [-0.3, -0.25) is 19.5 Å². The maximum atomic E-state index is 12.7. The van der Waals surface area contributed by atoms with E-state index < -0.39 is 0 Å². The summed E-state index contributed by atoms with van der Waals surface area (Å²) in [7, 11) is 0. The molecule has 0 radical (unpaired) electrons. The van der Waals surface area contributed by atoms with Crippen molar-refractivity contribution in [3.8, 4) is 0 Å². The number of benzene rings is 1. The fraction of sp³-hybridized carbons (Fsp3) is 0.381. The topological polar surface area (TPSA) is 65.5 Å². The zero-order chi connectivity index (χ0) is 19.1. The molecular formula is C21H26N4O2. The van der Waals surface area contributed by atoms with Gasteiger partial charge in [0.1, 0.15) is 0 Å². The van der Waals surface area contributed by atoms with Gasteiger partial charge in [0.2, 0.25) is 11.8 Å². The molecule has 1 saturated heterocycles. The second kappa shape index (κ2) is 9.28. The third-order valence-corrected chi connectivity index (χ3v) is 4.86. The number of anilines is 1. The number of hydrogen-bond donors (Lipinski definition) is 1. The molecule has 6 nitrogen and oxygen atoms in total. The van der Waals surface area contributed by atoms with Gasteiger partial charge in [0.15, 0.2) is 0 Å². The van der Waals surface area contributed by atoms with Gasteiger partial charge in [-0.15, -0.1) is 0 Å². The van der Waals surface area contributed by atoms with Crippen LogP contribution in [0.5, 0.6) is 0 Å². The summed E-state index contributed by atoms with van der Waals surface area (Å²) in [6, 6.07) is 11.6. The average Bonchev–Trinajstić information content (AvgIpc) is 2.69. The van der Waals surface area contributed by atoms with Crippen molar-refractivity contribution in [3.05, 3.63) is 59.9 Å². The van der Waals surface area contributed by atoms with Gasteiger partial charge < -0.3 is 10.2 Å². The van der Waals surface area contributed by atoms with Crippen LogP contribution in [0.1, 0.15) is 18.1 Å². The first kappa shape index (κ1) is 19.0. The third-order valence-electron chi connectivity index (χ3n) is 4.86. The van der Waals surface area contributed by atoms with Gasteiger partial charge in [0.05, 0.1) is 6.42 Å². The van der Waals surface area contributed by atoms with Crippen molar-refractivity contribution in [1.29, 1.82) is 0 Å². The lowest BCUT2D eigenvalue weighted by Gasteiger charge is -2.35. The van der Waals surface area contributed by atoms with Crippen LogP contribution in [-0.4, -0.2) is 59.3 Å². The Labute approximate surface area is 160 Å². The molecule has 1 aliphatic rings. The maximum absolute atomic E-state index is 12.7. The minimum absolute atomic E-state index is 0.113. The van der Waals surface area contributed by atoms with Gasteiger partial charge >= 0.3 is 0 Å². The quantitative estimate of drug-likeness (QED) is 0.849. The van der Waals surface area contributed by atoms with Crippen LogP contribution in [-0.2, 0) is 22.4 Å². The largest absolute Gasteiger partial charge is 0.340 e. The molecule has 0 saturated carbocycles. The second-order valence-electron chi connectivity index (χ2n) is 6.84. The molecule has 0 aliphatic carbocycles. The number of amides is 2. The molecule has 27 heavy (non-hydrogen) atoms. The molecule has 6 heteroatoms. The van der Waals surface area contributed by atoms with Crippen molar-refractivity contribution in [1.82, 2.24) is 14.8 Å². The molecule has 1 aliphatic heterocycles. The Bertz CT molecular complexity index is 771. The van der Waals surface area contributed by atoms with Crippen LogP contribution in [0.3, 0.4) is 0 Å². The molecule has 2 aromatic rings. The summed E-state index contributed by atoms with van der Waals surface area (Å²) in [6.45, 7) is 5.75. The first-order valence-electron chi connectivity index (χ1n) is 9.36. The fourth-order valence-corrected chi connectivity index (χ4v) is 3.32. The molecule has 2 amide bonds. The number of rotatable bonds is 6. The van der Waals surface area contributed by atoms with Gasteiger partial charge in [0, 0.05) is 57.7 Å². The number of piperazine rings is 1. The molecule has 0 atom stereocenters. The van der Waals surface area contributed by atoms with E-state index in [1.807, 2.05) is 53.7 Å². The van der Waals surface area contributed by atoms with Gasteiger partial charge in [-0.2, -0.15) is 0 Å². The lowest BCUT2D eigenvalue weighted by molar-refractivity contribution is -0.132. The van der Waals surface area contributed by atoms with Crippen LogP contribution in [0.25, 0.3) is 0 Å². The molecule has 142 valence electrons. The van der Waals surface area contributed by atoms with Crippen LogP contribution >= 0.6 is 0 Å². The highest BCUT2D eigenvalue weighted by Crippen LogP contribution is 2.17. The predicted molar refractivity (Wildman–Crippen MR) is 105 cm³/mol. The number of carbonyl (C=O) groups excluding carboxylic acids is 2. The summed E-state index contributed by atoms with van der Waals surface area (Å²) in [5.41, 5.74) is 2.87. The van der Waals surface area contributed by atoms with Gasteiger partial charge in [0.25, 0.3) is 0 Å². The SMILES string of the molecule is CC(=O)Nc1ccccc1CC(=O)N1CCN(CCc2ccncc2)CC1. The highest BCUT2D eigenvalue weighted by molar-refractivity contribution is 5.91. The first-order valence-corrected chi connectivity index (χ1v) is 9.36. The maximum Gasteiger partial charge on any atom is 0.227 e. The molecular weight excluding hydrogens is 340 g/mol. The summed E-state index contributed by atoms with van der Waals surface area (Å²) < 4.78 is 0. The summed E-state index contributed by atoms with van der Waals surface area (Å²) in [5.74, 6) is -0.0145. The minimum atomic E-state index is -0.127. The number of nitrogens with zero attached hydrogens (tertiary/aromatic N) is 3. The van der Waals surface area contributed by atoms with Crippen LogP contribution in [0, 0.1) is 0 Å². The lowest BCUT2D eigenvalue weighted by atomic mass is 10.1. The smallest absolute Gasteiger partial charge is 0.227 e. The van der Waals surface area contributed by atoms with E-state index in [1.54, 1.807) is 0 Å². The Morgan fingerprint density at radius 2 is 1.74 bits per heavy atom. The van der Waals surface area contributed by atoms with E-state index >= 15 is 0 Å². The Balaban J connectivity index is 1.48. The normalized spacial score (nSPS) is 14.8. The van der Waals surface area contributed by atoms with Crippen LogP contribution < -0.4 is 5.32 Å². The zero-order valence-electron chi connectivity index (χ0n) is 15.7. The number of carbonyl (C=O) groups is 2. The van der Waals surface area contributed by atoms with E-state index in [-0.39, 0.29) is 11.8 Å². The average molecular weight is 366 g/mol. The molecule has 1 fully saturated rings. The van der Waals surface area contributed by atoms with Crippen molar-refractivity contribution < 1.29 is 9.59 Å². The summed E-state index contributed by atoms with van der Waals surface area (Å²) >= 11 is 0. The van der Waals surface area contributed by atoms with Crippen LogP contribution in [0.4, 0.5) is 5.69 Å². The molecule has 2 heterocycles. The number of hydrogen-bond acceptors (Lipinski definition) is 4. The number of aromatic nitrogens is 1. The Kier molecular flexibility index (Phi) is 6.54. The number of pyridine rings is 1. The predicted octanol–water partition coefficient (Wildman–Crippen LogP) is 1.97. The summed E-state index contributed by atoms with van der Waals surface area (Å²) in [5, 5.41) is 2.80. The molecule has 0 bridgehead atoms. The molecule has 0 unspecified atom stereocenters. The minimum Gasteiger partial charge on any atom is -0.340 e. The van der Waals surface area contributed by atoms with Crippen LogP contribution in [0.15, 0.2) is 48.8 Å². The van der Waals surface area contributed by atoms with E-state index in [9.17, 15) is 9.59 Å². The van der Waals surface area contributed by atoms with E-state index in [1.165, 1.54) is 12.5 Å². The van der Waals surface area contributed by atoms with E-state index in [0.717, 1.165) is 44.7 Å². The zero-order valence-corrected chi connectivity index (χ0v) is 15.7. The fourth-order valence-electron chi connectivity index (χ4n) is 3.32. The molecule has 0 spiro atoms.